The highest BCUT2D eigenvalue weighted by Crippen LogP contribution is 2.55. The van der Waals surface area contributed by atoms with Crippen molar-refractivity contribution in [1.29, 1.82) is 0 Å². The summed E-state index contributed by atoms with van der Waals surface area (Å²) in [5.74, 6) is 1.92. The first-order valence-electron chi connectivity index (χ1n) is 7.71. The fourth-order valence-electron chi connectivity index (χ4n) is 4.03. The van der Waals surface area contributed by atoms with Gasteiger partial charge in [0, 0.05) is 0 Å². The van der Waals surface area contributed by atoms with Gasteiger partial charge < -0.3 is 0 Å². The van der Waals surface area contributed by atoms with E-state index in [1.807, 2.05) is 0 Å². The predicted molar refractivity (Wildman–Crippen MR) is 76.4 cm³/mol. The molecule has 0 aliphatic heterocycles. The molecule has 96 valence electrons. The molecule has 2 radical (unpaired) electrons. The van der Waals surface area contributed by atoms with Gasteiger partial charge >= 0.3 is 0 Å². The molecular weight excluding hydrogens is 203 g/mol. The minimum absolute atomic E-state index is 0.0771. The van der Waals surface area contributed by atoms with Crippen LogP contribution in [0.3, 0.4) is 0 Å². The van der Waals surface area contributed by atoms with E-state index >= 15 is 0 Å². The van der Waals surface area contributed by atoms with Crippen LogP contribution < -0.4 is 0 Å². The van der Waals surface area contributed by atoms with E-state index < -0.39 is 0 Å². The van der Waals surface area contributed by atoms with Gasteiger partial charge in [0.2, 0.25) is 0 Å². The third-order valence-electron chi connectivity index (χ3n) is 5.63. The summed E-state index contributed by atoms with van der Waals surface area (Å²) in [4.78, 5) is 0. The lowest BCUT2D eigenvalue weighted by Gasteiger charge is -2.49. The van der Waals surface area contributed by atoms with E-state index in [0.29, 0.717) is 0 Å². The van der Waals surface area contributed by atoms with Gasteiger partial charge in [-0.15, -0.1) is 0 Å². The summed E-state index contributed by atoms with van der Waals surface area (Å²) in [5.41, 5.74) is 0.256. The summed E-state index contributed by atoms with van der Waals surface area (Å²) in [7, 11) is 6.81. The maximum absolute atomic E-state index is 6.81. The van der Waals surface area contributed by atoms with Crippen molar-refractivity contribution in [1.82, 2.24) is 0 Å². The van der Waals surface area contributed by atoms with Crippen LogP contribution in [0.15, 0.2) is 0 Å². The lowest BCUT2D eigenvalue weighted by atomic mass is 9.47. The molecule has 2 saturated carbocycles. The van der Waals surface area contributed by atoms with Gasteiger partial charge in [-0.1, -0.05) is 83.9 Å². The molecule has 0 aromatic rings. The van der Waals surface area contributed by atoms with Crippen molar-refractivity contribution in [2.45, 2.75) is 83.9 Å². The number of hydrogen-bond acceptors (Lipinski definition) is 0. The molecule has 3 atom stereocenters. The second kappa shape index (κ2) is 4.98. The topological polar surface area (TPSA) is 0 Å². The van der Waals surface area contributed by atoms with E-state index in [1.165, 1.54) is 57.8 Å². The lowest BCUT2D eigenvalue weighted by Crippen LogP contribution is -2.35. The van der Waals surface area contributed by atoms with Crippen LogP contribution in [-0.2, 0) is 0 Å². The largest absolute Gasteiger partial charge is 0.0753 e. The number of hydrogen-bond donors (Lipinski definition) is 0. The molecule has 17 heavy (non-hydrogen) atoms. The average molecular weight is 232 g/mol. The summed E-state index contributed by atoms with van der Waals surface area (Å²) in [6.07, 6.45) is 12.6. The smallest absolute Gasteiger partial charge is 0.0610 e. The first-order chi connectivity index (χ1) is 7.92. The van der Waals surface area contributed by atoms with Gasteiger partial charge in [-0.25, -0.2) is 0 Å². The summed E-state index contributed by atoms with van der Waals surface area (Å²) in [5, 5.41) is 0.0771. The molecule has 0 aromatic heterocycles. The molecule has 2 aliphatic carbocycles. The van der Waals surface area contributed by atoms with E-state index in [-0.39, 0.29) is 10.7 Å². The maximum Gasteiger partial charge on any atom is 0.0753 e. The normalized spacial score (nSPS) is 40.2. The van der Waals surface area contributed by atoms with E-state index in [9.17, 15) is 0 Å². The third kappa shape index (κ3) is 2.91. The Labute approximate surface area is 109 Å². The van der Waals surface area contributed by atoms with E-state index in [0.717, 1.165) is 11.8 Å². The molecule has 0 bridgehead atoms. The Hall–Kier alpha value is 0.0649. The monoisotopic (exact) mass is 232 g/mol. The quantitative estimate of drug-likeness (QED) is 0.508. The molecule has 3 unspecified atom stereocenters. The molecule has 0 amide bonds. The fourth-order valence-corrected chi connectivity index (χ4v) is 4.03. The average Bonchev–Trinajstić information content (AvgIpc) is 2.22. The molecule has 0 N–H and O–H groups in total. The van der Waals surface area contributed by atoms with E-state index in [4.69, 9.17) is 7.85 Å². The minimum atomic E-state index is 0.0771. The summed E-state index contributed by atoms with van der Waals surface area (Å²) in [6, 6.07) is 0. The van der Waals surface area contributed by atoms with Gasteiger partial charge in [-0.3, -0.25) is 0 Å². The second-order valence-electron chi connectivity index (χ2n) is 7.66. The second-order valence-corrected chi connectivity index (χ2v) is 7.66. The van der Waals surface area contributed by atoms with Crippen LogP contribution in [0, 0.1) is 17.3 Å². The van der Waals surface area contributed by atoms with Crippen LogP contribution in [0.2, 0.25) is 5.31 Å². The number of fused-ring (bicyclic) bond motifs is 1. The van der Waals surface area contributed by atoms with Crippen molar-refractivity contribution in [3.63, 3.8) is 0 Å². The zero-order chi connectivity index (χ0) is 12.5. The number of rotatable bonds is 0. The third-order valence-corrected chi connectivity index (χ3v) is 5.63. The van der Waals surface area contributed by atoms with Gasteiger partial charge in [0.15, 0.2) is 0 Å². The SMILES string of the molecule is [B]C1(C(C)(C)C)CCCCC2CCCCC2C1. The Morgan fingerprint density at radius 3 is 2.00 bits per heavy atom. The van der Waals surface area contributed by atoms with Crippen molar-refractivity contribution in [2.75, 3.05) is 0 Å². The first-order valence-corrected chi connectivity index (χ1v) is 7.71. The van der Waals surface area contributed by atoms with Crippen LogP contribution >= 0.6 is 0 Å². The maximum atomic E-state index is 6.81. The summed E-state index contributed by atoms with van der Waals surface area (Å²) >= 11 is 0. The predicted octanol–water partition coefficient (Wildman–Crippen LogP) is 5.13. The highest BCUT2D eigenvalue weighted by Gasteiger charge is 2.41. The summed E-state index contributed by atoms with van der Waals surface area (Å²) in [6.45, 7) is 7.02. The molecular formula is C16H29B. The Balaban J connectivity index is 2.13. The van der Waals surface area contributed by atoms with E-state index in [1.54, 1.807) is 0 Å². The van der Waals surface area contributed by atoms with Gasteiger partial charge in [-0.05, 0) is 17.3 Å². The van der Waals surface area contributed by atoms with Crippen molar-refractivity contribution in [2.24, 2.45) is 17.3 Å². The van der Waals surface area contributed by atoms with Crippen molar-refractivity contribution in [3.05, 3.63) is 0 Å². The van der Waals surface area contributed by atoms with Gasteiger partial charge in [0.05, 0.1) is 7.85 Å². The van der Waals surface area contributed by atoms with Crippen LogP contribution in [0.5, 0.6) is 0 Å². The first kappa shape index (κ1) is 13.5. The van der Waals surface area contributed by atoms with Gasteiger partial charge in [-0.2, -0.15) is 0 Å². The molecule has 0 spiro atoms. The van der Waals surface area contributed by atoms with Crippen LogP contribution in [-0.4, -0.2) is 7.85 Å². The molecule has 2 fully saturated rings. The highest BCUT2D eigenvalue weighted by atomic mass is 14.4. The highest BCUT2D eigenvalue weighted by molar-refractivity contribution is 6.15. The van der Waals surface area contributed by atoms with Crippen molar-refractivity contribution < 1.29 is 0 Å². The van der Waals surface area contributed by atoms with Gasteiger partial charge in [0.25, 0.3) is 0 Å². The molecule has 1 heteroatoms. The Bertz CT molecular complexity index is 253. The molecule has 0 aromatic carbocycles. The molecule has 0 heterocycles. The minimum Gasteiger partial charge on any atom is -0.0610 e. The molecule has 0 nitrogen and oxygen atoms in total. The van der Waals surface area contributed by atoms with Crippen molar-refractivity contribution in [3.8, 4) is 0 Å². The Morgan fingerprint density at radius 2 is 1.41 bits per heavy atom. The standard InChI is InChI=1S/C16H29B/c1-15(2,3)16(17)11-7-6-9-13-8-4-5-10-14(13)12-16/h13-14H,4-12H2,1-3H3. The zero-order valence-electron chi connectivity index (χ0n) is 12.1. The van der Waals surface area contributed by atoms with Crippen LogP contribution in [0.4, 0.5) is 0 Å². The van der Waals surface area contributed by atoms with Crippen LogP contribution in [0.1, 0.15) is 78.6 Å². The van der Waals surface area contributed by atoms with E-state index in [2.05, 4.69) is 20.8 Å². The molecule has 2 aliphatic rings. The lowest BCUT2D eigenvalue weighted by molar-refractivity contribution is 0.118. The zero-order valence-corrected chi connectivity index (χ0v) is 12.1. The van der Waals surface area contributed by atoms with Crippen molar-refractivity contribution >= 4 is 7.85 Å². The Kier molecular flexibility index (Phi) is 3.95. The van der Waals surface area contributed by atoms with Crippen LogP contribution in [0.25, 0.3) is 0 Å². The molecule has 2 rings (SSSR count). The summed E-state index contributed by atoms with van der Waals surface area (Å²) < 4.78 is 0. The van der Waals surface area contributed by atoms with Gasteiger partial charge in [0.1, 0.15) is 0 Å². The fraction of sp³-hybridized carbons (Fsp3) is 1.00. The molecule has 0 saturated heterocycles. The Morgan fingerprint density at radius 1 is 0.882 bits per heavy atom.